The van der Waals surface area contributed by atoms with Crippen LogP contribution in [0.15, 0.2) is 33.6 Å². The van der Waals surface area contributed by atoms with Crippen molar-refractivity contribution < 1.29 is 29.0 Å². The van der Waals surface area contributed by atoms with Gasteiger partial charge in [0.05, 0.1) is 24.1 Å². The summed E-state index contributed by atoms with van der Waals surface area (Å²) in [7, 11) is 0. The van der Waals surface area contributed by atoms with E-state index in [-0.39, 0.29) is 22.8 Å². The van der Waals surface area contributed by atoms with Crippen LogP contribution in [-0.2, 0) is 20.8 Å². The number of hydrogen-bond acceptors (Lipinski definition) is 7. The Kier molecular flexibility index (Phi) is 7.70. The first-order valence-electron chi connectivity index (χ1n) is 12.4. The van der Waals surface area contributed by atoms with E-state index in [0.29, 0.717) is 16.9 Å². The fraction of sp³-hybridized carbons (Fsp3) is 0.462. The van der Waals surface area contributed by atoms with Crippen LogP contribution in [-0.4, -0.2) is 43.1 Å². The Morgan fingerprint density at radius 1 is 1.16 bits per heavy atom. The Bertz CT molecular complexity index is 1390. The van der Waals surface area contributed by atoms with Crippen LogP contribution in [0.25, 0.3) is 11.0 Å². The zero-order chi connectivity index (χ0) is 26.7. The average Bonchev–Trinajstić information content (AvgIpc) is 3.34. The Morgan fingerprint density at radius 2 is 1.89 bits per heavy atom. The summed E-state index contributed by atoms with van der Waals surface area (Å²) in [5.41, 5.74) is 0.975. The van der Waals surface area contributed by atoms with Crippen molar-refractivity contribution in [1.82, 2.24) is 15.0 Å². The van der Waals surface area contributed by atoms with E-state index in [2.05, 4.69) is 22.6 Å². The van der Waals surface area contributed by atoms with Crippen LogP contribution in [0.3, 0.4) is 0 Å². The van der Waals surface area contributed by atoms with E-state index in [0.717, 1.165) is 18.5 Å². The summed E-state index contributed by atoms with van der Waals surface area (Å²) in [6.07, 6.45) is 6.52. The van der Waals surface area contributed by atoms with Crippen molar-refractivity contribution in [1.29, 1.82) is 0 Å². The highest BCUT2D eigenvalue weighted by atomic mass is 16.4. The number of nitrogens with zero attached hydrogens (tertiary/aromatic N) is 3. The number of benzene rings is 1. The van der Waals surface area contributed by atoms with Gasteiger partial charge >= 0.3 is 17.6 Å². The fourth-order valence-electron chi connectivity index (χ4n) is 5.05. The molecule has 1 aromatic carbocycles. The maximum atomic E-state index is 13.2. The number of fused-ring (bicyclic) bond motifs is 1. The van der Waals surface area contributed by atoms with Gasteiger partial charge in [-0.25, -0.2) is 9.48 Å². The van der Waals surface area contributed by atoms with Crippen molar-refractivity contribution in [2.75, 3.05) is 5.32 Å². The lowest BCUT2D eigenvalue weighted by molar-refractivity contribution is -0.140. The molecule has 2 unspecified atom stereocenters. The molecule has 2 aromatic heterocycles. The minimum absolute atomic E-state index is 0.0581. The standard InChI is InChI=1S/C26H30N4O7/c1-14(16-6-4-3-5-7-16)20-13-30(29-28-20)21(12-24(33)34)25(35)27-17-8-9-18-15(2)19(11-23(31)32)26(36)37-22(18)10-17/h8-10,13-14,16,21H,3-7,11-12H2,1-2H3,(H,27,35)(H,31,32)(H,33,34). The largest absolute Gasteiger partial charge is 0.481 e. The maximum Gasteiger partial charge on any atom is 0.340 e. The van der Waals surface area contributed by atoms with Crippen LogP contribution in [0.1, 0.15) is 74.2 Å². The molecule has 1 saturated carbocycles. The van der Waals surface area contributed by atoms with Crippen LogP contribution in [0.5, 0.6) is 0 Å². The minimum Gasteiger partial charge on any atom is -0.481 e. The van der Waals surface area contributed by atoms with Gasteiger partial charge in [-0.2, -0.15) is 0 Å². The van der Waals surface area contributed by atoms with Gasteiger partial charge in [-0.3, -0.25) is 14.4 Å². The molecule has 0 bridgehead atoms. The Morgan fingerprint density at radius 3 is 2.57 bits per heavy atom. The summed E-state index contributed by atoms with van der Waals surface area (Å²) in [6.45, 7) is 3.72. The molecule has 1 aliphatic carbocycles. The first-order valence-corrected chi connectivity index (χ1v) is 12.4. The highest BCUT2D eigenvalue weighted by Crippen LogP contribution is 2.35. The van der Waals surface area contributed by atoms with Gasteiger partial charge in [0.2, 0.25) is 5.91 Å². The molecule has 1 aliphatic rings. The van der Waals surface area contributed by atoms with E-state index in [1.165, 1.54) is 30.0 Å². The van der Waals surface area contributed by atoms with Crippen molar-refractivity contribution in [3.8, 4) is 0 Å². The minimum atomic E-state index is -1.16. The monoisotopic (exact) mass is 510 g/mol. The van der Waals surface area contributed by atoms with Gasteiger partial charge in [0.15, 0.2) is 0 Å². The molecular weight excluding hydrogens is 480 g/mol. The number of carbonyl (C=O) groups is 3. The summed E-state index contributed by atoms with van der Waals surface area (Å²) in [4.78, 5) is 48.1. The van der Waals surface area contributed by atoms with Crippen molar-refractivity contribution >= 4 is 34.5 Å². The third-order valence-corrected chi connectivity index (χ3v) is 7.22. The molecular formula is C26H30N4O7. The van der Waals surface area contributed by atoms with Crippen molar-refractivity contribution in [3.05, 3.63) is 51.6 Å². The summed E-state index contributed by atoms with van der Waals surface area (Å²) in [5, 5.41) is 30.0. The van der Waals surface area contributed by atoms with E-state index in [1.54, 1.807) is 25.3 Å². The number of amides is 1. The number of rotatable bonds is 9. The summed E-state index contributed by atoms with van der Waals surface area (Å²) in [6, 6.07) is 3.50. The second-order valence-corrected chi connectivity index (χ2v) is 9.69. The number of aliphatic carboxylic acids is 2. The van der Waals surface area contributed by atoms with Crippen molar-refractivity contribution in [2.24, 2.45) is 5.92 Å². The van der Waals surface area contributed by atoms with Crippen LogP contribution in [0.2, 0.25) is 0 Å². The first kappa shape index (κ1) is 26.1. The van der Waals surface area contributed by atoms with Crippen LogP contribution < -0.4 is 10.9 Å². The summed E-state index contributed by atoms with van der Waals surface area (Å²) >= 11 is 0. The molecule has 4 rings (SSSR count). The molecule has 3 N–H and O–H groups in total. The van der Waals surface area contributed by atoms with E-state index in [1.807, 2.05) is 0 Å². The third kappa shape index (κ3) is 5.87. The number of aryl methyl sites for hydroxylation is 1. The Hall–Kier alpha value is -4.02. The average molecular weight is 511 g/mol. The number of nitrogens with one attached hydrogen (secondary N) is 1. The van der Waals surface area contributed by atoms with Crippen molar-refractivity contribution in [2.45, 2.75) is 70.8 Å². The molecule has 0 spiro atoms. The number of carboxylic acid groups (broad SMARTS) is 2. The van der Waals surface area contributed by atoms with Gasteiger partial charge in [0.25, 0.3) is 0 Å². The zero-order valence-corrected chi connectivity index (χ0v) is 20.8. The van der Waals surface area contributed by atoms with E-state index in [4.69, 9.17) is 9.52 Å². The summed E-state index contributed by atoms with van der Waals surface area (Å²) in [5.74, 6) is -2.28. The van der Waals surface area contributed by atoms with E-state index in [9.17, 15) is 24.3 Å². The van der Waals surface area contributed by atoms with E-state index >= 15 is 0 Å². The Balaban J connectivity index is 1.57. The molecule has 2 atom stereocenters. The van der Waals surface area contributed by atoms with Gasteiger partial charge in [-0.05, 0) is 43.4 Å². The molecule has 11 nitrogen and oxygen atoms in total. The number of aromatic nitrogens is 3. The summed E-state index contributed by atoms with van der Waals surface area (Å²) < 4.78 is 6.60. The van der Waals surface area contributed by atoms with Gasteiger partial charge < -0.3 is 19.9 Å². The lowest BCUT2D eigenvalue weighted by atomic mass is 9.80. The molecule has 37 heavy (non-hydrogen) atoms. The SMILES string of the molecule is Cc1c(CC(=O)O)c(=O)oc2cc(NC(=O)C(CC(=O)O)n3cc(C(C)C4CCCCC4)nn3)ccc12. The topological polar surface area (TPSA) is 165 Å². The molecule has 0 saturated heterocycles. The smallest absolute Gasteiger partial charge is 0.340 e. The third-order valence-electron chi connectivity index (χ3n) is 7.22. The maximum absolute atomic E-state index is 13.2. The quantitative estimate of drug-likeness (QED) is 0.364. The first-order chi connectivity index (χ1) is 17.6. The number of hydrogen-bond donors (Lipinski definition) is 3. The molecule has 2 heterocycles. The van der Waals surface area contributed by atoms with Gasteiger partial charge in [0, 0.05) is 29.3 Å². The zero-order valence-electron chi connectivity index (χ0n) is 20.8. The fourth-order valence-corrected chi connectivity index (χ4v) is 5.05. The van der Waals surface area contributed by atoms with Crippen LogP contribution >= 0.6 is 0 Å². The second-order valence-electron chi connectivity index (χ2n) is 9.69. The van der Waals surface area contributed by atoms with Crippen LogP contribution in [0.4, 0.5) is 5.69 Å². The lowest BCUT2D eigenvalue weighted by Crippen LogP contribution is -2.28. The molecule has 11 heteroatoms. The Labute approximate surface area is 212 Å². The number of carbonyl (C=O) groups excluding carboxylic acids is 1. The normalized spacial score (nSPS) is 15.8. The molecule has 0 aliphatic heterocycles. The molecule has 0 radical (unpaired) electrons. The second kappa shape index (κ2) is 10.9. The number of anilines is 1. The number of carboxylic acids is 2. The van der Waals surface area contributed by atoms with Gasteiger partial charge in [-0.1, -0.05) is 31.4 Å². The highest BCUT2D eigenvalue weighted by Gasteiger charge is 2.28. The van der Waals surface area contributed by atoms with Crippen molar-refractivity contribution in [3.63, 3.8) is 0 Å². The molecule has 3 aromatic rings. The predicted molar refractivity (Wildman–Crippen MR) is 133 cm³/mol. The van der Waals surface area contributed by atoms with Crippen LogP contribution in [0, 0.1) is 12.8 Å². The molecule has 1 amide bonds. The molecule has 1 fully saturated rings. The highest BCUT2D eigenvalue weighted by molar-refractivity contribution is 5.97. The van der Waals surface area contributed by atoms with Gasteiger partial charge in [0.1, 0.15) is 11.6 Å². The lowest BCUT2D eigenvalue weighted by Gasteiger charge is -2.26. The molecule has 196 valence electrons. The predicted octanol–water partition coefficient (Wildman–Crippen LogP) is 3.66. The van der Waals surface area contributed by atoms with E-state index < -0.39 is 42.4 Å². The van der Waals surface area contributed by atoms with Gasteiger partial charge in [-0.15, -0.1) is 5.10 Å².